The van der Waals surface area contributed by atoms with E-state index in [0.717, 1.165) is 56.1 Å². The van der Waals surface area contributed by atoms with Gasteiger partial charge in [-0.3, -0.25) is 0 Å². The molecule has 358 valence electrons. The summed E-state index contributed by atoms with van der Waals surface area (Å²) < 4.78 is 2.31. The van der Waals surface area contributed by atoms with E-state index in [1.165, 1.54) is 38.8 Å². The molecule has 3 heterocycles. The van der Waals surface area contributed by atoms with Gasteiger partial charge in [-0.2, -0.15) is 47.0 Å². The molecule has 0 fully saturated rings. The van der Waals surface area contributed by atoms with Gasteiger partial charge in [-0.05, 0) is 104 Å². The summed E-state index contributed by atoms with van der Waals surface area (Å²) in [6.07, 6.45) is 1.97. The van der Waals surface area contributed by atoms with Crippen LogP contribution in [-0.2, 0) is 48.1 Å². The van der Waals surface area contributed by atoms with Crippen LogP contribution in [0.5, 0.6) is 0 Å². The van der Waals surface area contributed by atoms with Crippen molar-refractivity contribution < 1.29 is 21.1 Å². The molecule has 0 saturated carbocycles. The first-order chi connectivity index (χ1) is 32.7. The summed E-state index contributed by atoms with van der Waals surface area (Å²) >= 11 is 0. The van der Waals surface area contributed by atoms with Crippen LogP contribution in [0.4, 0.5) is 22.7 Å². The fourth-order valence-electron chi connectivity index (χ4n) is 10.1. The Morgan fingerprint density at radius 1 is 0.443 bits per heavy atom. The topological polar surface area (TPSA) is 24.3 Å². The predicted octanol–water partition coefficient (Wildman–Crippen LogP) is 16.8. The van der Waals surface area contributed by atoms with Gasteiger partial charge in [0.2, 0.25) is 0 Å². The SMILES string of the molecule is CC(C)(C)c1cc(N2[CH-]N(c3cc(C(C)(C)C)cc(C(C)(C)C)c3)c3ccccc32)[c-]c(C(C)(C)c2[c-]c3c(cc2)c2ccccc2n3-c2cc(C(C)(c3ccccc3)c3ccccc3)ccn2)c1.[Pt]. The third-order valence-corrected chi connectivity index (χ3v) is 14.7. The molecule has 0 N–H and O–H groups in total. The van der Waals surface area contributed by atoms with E-state index in [9.17, 15) is 0 Å². The second kappa shape index (κ2) is 17.9. The van der Waals surface area contributed by atoms with Gasteiger partial charge in [0.1, 0.15) is 5.82 Å². The molecule has 0 amide bonds. The van der Waals surface area contributed by atoms with Crippen molar-refractivity contribution in [2.75, 3.05) is 9.80 Å². The number of nitrogens with zero attached hydrogens (tertiary/aromatic N) is 4. The molecule has 9 aromatic rings. The zero-order valence-corrected chi connectivity index (χ0v) is 45.1. The molecule has 0 unspecified atom stereocenters. The van der Waals surface area contributed by atoms with Gasteiger partial charge in [0.25, 0.3) is 0 Å². The van der Waals surface area contributed by atoms with Gasteiger partial charge in [0, 0.05) is 55.3 Å². The summed E-state index contributed by atoms with van der Waals surface area (Å²) in [5.41, 5.74) is 15.2. The molecule has 0 radical (unpaired) electrons. The van der Waals surface area contributed by atoms with Crippen molar-refractivity contribution in [3.63, 3.8) is 0 Å². The fourth-order valence-corrected chi connectivity index (χ4v) is 10.1. The number of rotatable bonds is 8. The number of aromatic nitrogens is 2. The Labute approximate surface area is 431 Å². The molecule has 7 aromatic carbocycles. The summed E-state index contributed by atoms with van der Waals surface area (Å²) in [5.74, 6) is 0.863. The average molecular weight is 1100 g/mol. The molecule has 10 rings (SSSR count). The zero-order valence-electron chi connectivity index (χ0n) is 42.8. The van der Waals surface area contributed by atoms with Gasteiger partial charge in [0.05, 0.1) is 0 Å². The Morgan fingerprint density at radius 2 is 0.986 bits per heavy atom. The van der Waals surface area contributed by atoms with Crippen LogP contribution in [0, 0.1) is 18.8 Å². The van der Waals surface area contributed by atoms with Crippen molar-refractivity contribution >= 4 is 44.6 Å². The van der Waals surface area contributed by atoms with Crippen molar-refractivity contribution in [3.8, 4) is 5.82 Å². The molecule has 5 heteroatoms. The number of fused-ring (bicyclic) bond motifs is 4. The minimum Gasteiger partial charge on any atom is -0.493 e. The largest absolute Gasteiger partial charge is 0.493 e. The van der Waals surface area contributed by atoms with Crippen LogP contribution in [0.15, 0.2) is 170 Å². The third kappa shape index (κ3) is 8.61. The number of para-hydroxylation sites is 3. The Balaban J connectivity index is 0.00000608. The summed E-state index contributed by atoms with van der Waals surface area (Å²) in [7, 11) is 0. The molecule has 0 aliphatic carbocycles. The number of hydrogen-bond donors (Lipinski definition) is 0. The molecular weight excluding hydrogens is 1030 g/mol. The van der Waals surface area contributed by atoms with Crippen LogP contribution in [-0.4, -0.2) is 9.55 Å². The van der Waals surface area contributed by atoms with E-state index in [2.05, 4.69) is 280 Å². The summed E-state index contributed by atoms with van der Waals surface area (Å²) in [6.45, 7) is 30.0. The smallest absolute Gasteiger partial charge is 0.135 e. The fraction of sp³-hybridized carbons (Fsp3) is 0.262. The van der Waals surface area contributed by atoms with Gasteiger partial charge in [-0.25, -0.2) is 4.98 Å². The molecule has 4 nitrogen and oxygen atoms in total. The second-order valence-corrected chi connectivity index (χ2v) is 22.9. The van der Waals surface area contributed by atoms with E-state index in [4.69, 9.17) is 4.98 Å². The van der Waals surface area contributed by atoms with Crippen molar-refractivity contribution in [2.24, 2.45) is 0 Å². The van der Waals surface area contributed by atoms with Crippen molar-refractivity contribution in [2.45, 2.75) is 110 Å². The molecule has 1 aliphatic heterocycles. The first-order valence-electron chi connectivity index (χ1n) is 24.5. The van der Waals surface area contributed by atoms with Crippen LogP contribution in [0.1, 0.15) is 128 Å². The summed E-state index contributed by atoms with van der Waals surface area (Å²) in [5, 5.41) is 2.32. The maximum absolute atomic E-state index is 5.13. The standard InChI is InChI=1S/C65H65N4.Pt/c1-61(2,3)48-35-49(62(4,5)6)38-52(37-48)67-43-68(58-30-22-21-29-57(58)67)53-39-50(63(7,8)9)36-51(40-53)64(10,11)46-31-32-55-54-27-19-20-28-56(54)69(59(55)41-46)60-42-47(33-34-66-60)65(12,44-23-15-13-16-24-44)45-25-17-14-18-26-45;/h13-39,42-43H,1-12H3;/q-3;. The van der Waals surface area contributed by atoms with E-state index in [1.807, 2.05) is 6.20 Å². The van der Waals surface area contributed by atoms with Gasteiger partial charge in [-0.15, -0.1) is 23.8 Å². The monoisotopic (exact) mass is 1100 g/mol. The Kier molecular flexibility index (Phi) is 12.5. The number of benzene rings is 7. The van der Waals surface area contributed by atoms with E-state index < -0.39 is 10.8 Å². The Hall–Kier alpha value is -6.22. The van der Waals surface area contributed by atoms with Crippen LogP contribution in [0.2, 0.25) is 0 Å². The van der Waals surface area contributed by atoms with E-state index in [-0.39, 0.29) is 37.3 Å². The minimum absolute atomic E-state index is 0. The van der Waals surface area contributed by atoms with Crippen LogP contribution >= 0.6 is 0 Å². The normalized spacial score (nSPS) is 13.5. The average Bonchev–Trinajstić information content (AvgIpc) is 3.89. The van der Waals surface area contributed by atoms with Crippen LogP contribution in [0.25, 0.3) is 27.6 Å². The summed E-state index contributed by atoms with van der Waals surface area (Å²) in [6, 6.07) is 68.0. The predicted molar refractivity (Wildman–Crippen MR) is 291 cm³/mol. The maximum atomic E-state index is 5.13. The molecule has 0 spiro atoms. The quantitative estimate of drug-likeness (QED) is 0.142. The van der Waals surface area contributed by atoms with Crippen molar-refractivity contribution in [3.05, 3.63) is 233 Å². The number of hydrogen-bond acceptors (Lipinski definition) is 3. The van der Waals surface area contributed by atoms with Crippen LogP contribution in [0.3, 0.4) is 0 Å². The van der Waals surface area contributed by atoms with E-state index in [1.54, 1.807) is 0 Å². The van der Waals surface area contributed by atoms with E-state index in [0.29, 0.717) is 0 Å². The Morgan fingerprint density at radius 3 is 1.59 bits per heavy atom. The molecule has 0 saturated heterocycles. The maximum Gasteiger partial charge on any atom is 0.135 e. The van der Waals surface area contributed by atoms with Crippen molar-refractivity contribution in [1.82, 2.24) is 9.55 Å². The van der Waals surface area contributed by atoms with Gasteiger partial charge >= 0.3 is 0 Å². The first-order valence-corrected chi connectivity index (χ1v) is 24.5. The first kappa shape index (κ1) is 48.8. The number of anilines is 4. The molecule has 0 atom stereocenters. The van der Waals surface area contributed by atoms with Crippen molar-refractivity contribution in [1.29, 1.82) is 0 Å². The minimum atomic E-state index is -0.485. The van der Waals surface area contributed by atoms with E-state index >= 15 is 0 Å². The third-order valence-electron chi connectivity index (χ3n) is 14.7. The second-order valence-electron chi connectivity index (χ2n) is 22.9. The molecule has 0 bridgehead atoms. The molecular formula is C65H65N4Pt-3. The van der Waals surface area contributed by atoms with Gasteiger partial charge in [-0.1, -0.05) is 179 Å². The van der Waals surface area contributed by atoms with Crippen LogP contribution < -0.4 is 9.80 Å². The molecule has 70 heavy (non-hydrogen) atoms. The summed E-state index contributed by atoms with van der Waals surface area (Å²) in [4.78, 5) is 9.84. The van der Waals surface area contributed by atoms with Gasteiger partial charge in [0.15, 0.2) is 0 Å². The molecule has 2 aromatic heterocycles. The Bertz CT molecular complexity index is 3290. The molecule has 1 aliphatic rings. The number of pyridine rings is 1. The zero-order chi connectivity index (χ0) is 48.7. The van der Waals surface area contributed by atoms with Gasteiger partial charge < -0.3 is 14.4 Å².